The fourth-order valence-corrected chi connectivity index (χ4v) is 1.31. The first-order valence-corrected chi connectivity index (χ1v) is 4.64. The second kappa shape index (κ2) is 4.61. The molecule has 1 N–H and O–H groups in total. The Hall–Kier alpha value is -1.57. The van der Waals surface area contributed by atoms with E-state index in [4.69, 9.17) is 5.11 Å². The molecule has 0 aromatic heterocycles. The Morgan fingerprint density at radius 2 is 1.93 bits per heavy atom. The van der Waals surface area contributed by atoms with Gasteiger partial charge in [0, 0.05) is 6.08 Å². The van der Waals surface area contributed by atoms with Gasteiger partial charge < -0.3 is 5.11 Å². The minimum Gasteiger partial charge on any atom is -0.478 e. The number of carbonyl (C=O) groups is 1. The van der Waals surface area contributed by atoms with Gasteiger partial charge in [0.1, 0.15) is 0 Å². The van der Waals surface area contributed by atoms with Crippen LogP contribution in [0, 0.1) is 6.92 Å². The molecule has 2 heteroatoms. The molecule has 0 radical (unpaired) electrons. The van der Waals surface area contributed by atoms with E-state index in [1.54, 1.807) is 0 Å². The first kappa shape index (κ1) is 10.5. The van der Waals surface area contributed by atoms with Crippen LogP contribution in [0.15, 0.2) is 30.3 Å². The van der Waals surface area contributed by atoms with Crippen LogP contribution < -0.4 is 0 Å². The Labute approximate surface area is 83.9 Å². The lowest BCUT2D eigenvalue weighted by atomic mass is 10.0. The van der Waals surface area contributed by atoms with Gasteiger partial charge in [0.25, 0.3) is 0 Å². The van der Waals surface area contributed by atoms with Crippen molar-refractivity contribution in [3.05, 3.63) is 41.5 Å². The van der Waals surface area contributed by atoms with Crippen molar-refractivity contribution in [3.63, 3.8) is 0 Å². The largest absolute Gasteiger partial charge is 0.478 e. The summed E-state index contributed by atoms with van der Waals surface area (Å²) < 4.78 is 0. The Morgan fingerprint density at radius 1 is 1.36 bits per heavy atom. The molecule has 0 aliphatic carbocycles. The van der Waals surface area contributed by atoms with Crippen molar-refractivity contribution in [3.8, 4) is 0 Å². The van der Waals surface area contributed by atoms with E-state index in [1.807, 2.05) is 38.1 Å². The predicted octanol–water partition coefficient (Wildman–Crippen LogP) is 2.87. The van der Waals surface area contributed by atoms with E-state index in [0.717, 1.165) is 17.6 Å². The molecule has 0 heterocycles. The van der Waals surface area contributed by atoms with E-state index in [0.29, 0.717) is 0 Å². The summed E-state index contributed by atoms with van der Waals surface area (Å²) in [5, 5.41) is 8.65. The van der Waals surface area contributed by atoms with Gasteiger partial charge in [-0.3, -0.25) is 0 Å². The molecule has 0 saturated heterocycles. The molecule has 1 aromatic rings. The second-order valence-corrected chi connectivity index (χ2v) is 3.23. The zero-order valence-corrected chi connectivity index (χ0v) is 8.45. The first-order chi connectivity index (χ1) is 6.63. The molecule has 0 amide bonds. The highest BCUT2D eigenvalue weighted by Crippen LogP contribution is 2.18. The highest BCUT2D eigenvalue weighted by Gasteiger charge is 2.00. The summed E-state index contributed by atoms with van der Waals surface area (Å²) in [6.45, 7) is 3.96. The van der Waals surface area contributed by atoms with Crippen molar-refractivity contribution in [2.75, 3.05) is 0 Å². The van der Waals surface area contributed by atoms with E-state index in [-0.39, 0.29) is 0 Å². The van der Waals surface area contributed by atoms with Crippen LogP contribution in [0.4, 0.5) is 0 Å². The maximum Gasteiger partial charge on any atom is 0.328 e. The fraction of sp³-hybridized carbons (Fsp3) is 0.250. The lowest BCUT2D eigenvalue weighted by molar-refractivity contribution is -0.131. The number of aliphatic carboxylic acids is 1. The Morgan fingerprint density at radius 3 is 2.36 bits per heavy atom. The monoisotopic (exact) mass is 190 g/mol. The molecule has 2 nitrogen and oxygen atoms in total. The van der Waals surface area contributed by atoms with E-state index in [1.165, 1.54) is 11.6 Å². The number of carboxylic acid groups (broad SMARTS) is 1. The molecule has 0 saturated carbocycles. The van der Waals surface area contributed by atoms with Crippen LogP contribution in [0.25, 0.3) is 5.57 Å². The van der Waals surface area contributed by atoms with Crippen LogP contribution in [-0.2, 0) is 4.79 Å². The molecule has 0 bridgehead atoms. The van der Waals surface area contributed by atoms with Crippen molar-refractivity contribution < 1.29 is 9.90 Å². The molecule has 1 rings (SSSR count). The molecule has 0 atom stereocenters. The summed E-state index contributed by atoms with van der Waals surface area (Å²) in [6, 6.07) is 7.88. The minimum absolute atomic E-state index is 0.732. The smallest absolute Gasteiger partial charge is 0.328 e. The lowest BCUT2D eigenvalue weighted by Crippen LogP contribution is -1.91. The molecule has 0 spiro atoms. The standard InChI is InChI=1S/C12H14O2/c1-3-10(8-12(13)14)11-6-4-9(2)5-7-11/h4-8H,3H2,1-2H3,(H,13,14)/b10-8-. The summed E-state index contributed by atoms with van der Waals surface area (Å²) in [5.74, 6) is -0.887. The molecule has 0 unspecified atom stereocenters. The van der Waals surface area contributed by atoms with E-state index in [9.17, 15) is 4.79 Å². The van der Waals surface area contributed by atoms with Crippen molar-refractivity contribution in [2.24, 2.45) is 0 Å². The van der Waals surface area contributed by atoms with Crippen molar-refractivity contribution in [2.45, 2.75) is 20.3 Å². The Balaban J connectivity index is 3.01. The van der Waals surface area contributed by atoms with Crippen molar-refractivity contribution >= 4 is 11.5 Å². The molecule has 0 fully saturated rings. The molecule has 14 heavy (non-hydrogen) atoms. The molecule has 1 aromatic carbocycles. The average molecular weight is 190 g/mol. The number of hydrogen-bond acceptors (Lipinski definition) is 1. The van der Waals surface area contributed by atoms with Gasteiger partial charge in [-0.05, 0) is 24.5 Å². The third-order valence-corrected chi connectivity index (χ3v) is 2.10. The fourth-order valence-electron chi connectivity index (χ4n) is 1.31. The van der Waals surface area contributed by atoms with Gasteiger partial charge in [0.2, 0.25) is 0 Å². The number of carboxylic acids is 1. The summed E-state index contributed by atoms with van der Waals surface area (Å²) in [4.78, 5) is 10.5. The Kier molecular flexibility index (Phi) is 3.46. The van der Waals surface area contributed by atoms with E-state index < -0.39 is 5.97 Å². The normalized spacial score (nSPS) is 11.4. The molecule has 0 aliphatic rings. The Bertz CT molecular complexity index is 347. The van der Waals surface area contributed by atoms with Crippen molar-refractivity contribution in [1.82, 2.24) is 0 Å². The topological polar surface area (TPSA) is 37.3 Å². The van der Waals surface area contributed by atoms with Crippen LogP contribution in [0.1, 0.15) is 24.5 Å². The third kappa shape index (κ3) is 2.73. The van der Waals surface area contributed by atoms with Crippen LogP contribution in [0.5, 0.6) is 0 Å². The summed E-state index contributed by atoms with van der Waals surface area (Å²) in [5.41, 5.74) is 3.03. The van der Waals surface area contributed by atoms with Gasteiger partial charge >= 0.3 is 5.97 Å². The van der Waals surface area contributed by atoms with E-state index in [2.05, 4.69) is 0 Å². The minimum atomic E-state index is -0.887. The summed E-state index contributed by atoms with van der Waals surface area (Å²) >= 11 is 0. The van der Waals surface area contributed by atoms with Crippen LogP contribution in [0.3, 0.4) is 0 Å². The quantitative estimate of drug-likeness (QED) is 0.744. The van der Waals surface area contributed by atoms with Crippen LogP contribution >= 0.6 is 0 Å². The molecule has 74 valence electrons. The van der Waals surface area contributed by atoms with Crippen LogP contribution in [-0.4, -0.2) is 11.1 Å². The SMILES string of the molecule is CC/C(=C/C(=O)O)c1ccc(C)cc1. The summed E-state index contributed by atoms with van der Waals surface area (Å²) in [7, 11) is 0. The molecular formula is C12H14O2. The number of aryl methyl sites for hydroxylation is 1. The van der Waals surface area contributed by atoms with Crippen LogP contribution in [0.2, 0.25) is 0 Å². The van der Waals surface area contributed by atoms with Gasteiger partial charge in [0.05, 0.1) is 0 Å². The second-order valence-electron chi connectivity index (χ2n) is 3.23. The highest BCUT2D eigenvalue weighted by molar-refractivity contribution is 5.89. The number of allylic oxidation sites excluding steroid dienone is 1. The van der Waals surface area contributed by atoms with Gasteiger partial charge in [-0.1, -0.05) is 36.8 Å². The molecule has 0 aliphatic heterocycles. The number of hydrogen-bond donors (Lipinski definition) is 1. The number of rotatable bonds is 3. The third-order valence-electron chi connectivity index (χ3n) is 2.10. The number of benzene rings is 1. The maximum atomic E-state index is 10.5. The predicted molar refractivity (Wildman–Crippen MR) is 57.1 cm³/mol. The highest BCUT2D eigenvalue weighted by atomic mass is 16.4. The van der Waals surface area contributed by atoms with Crippen molar-refractivity contribution in [1.29, 1.82) is 0 Å². The molecular weight excluding hydrogens is 176 g/mol. The van der Waals surface area contributed by atoms with E-state index >= 15 is 0 Å². The lowest BCUT2D eigenvalue weighted by Gasteiger charge is -2.03. The van der Waals surface area contributed by atoms with Gasteiger partial charge in [0.15, 0.2) is 0 Å². The zero-order valence-electron chi connectivity index (χ0n) is 8.45. The van der Waals surface area contributed by atoms with Gasteiger partial charge in [-0.25, -0.2) is 4.79 Å². The summed E-state index contributed by atoms with van der Waals surface area (Å²) in [6.07, 6.45) is 2.00. The van der Waals surface area contributed by atoms with Gasteiger partial charge in [-0.2, -0.15) is 0 Å². The van der Waals surface area contributed by atoms with Gasteiger partial charge in [-0.15, -0.1) is 0 Å². The first-order valence-electron chi connectivity index (χ1n) is 4.64. The maximum absolute atomic E-state index is 10.5. The average Bonchev–Trinajstić information content (AvgIpc) is 2.15. The zero-order chi connectivity index (χ0) is 10.6.